The SMILES string of the molecule is CO[C@H]1O[C@H](C)[C@@H](NC(=O)C(O)CCO)[C@H](O)[C@@H]1O[C@H]1O[C@H](C)[C@@H](NC(=O)C(O)CCO)[C@H](O)[C@@H]1O[C@H]1O[C@H](C)[C@@H](NC(=O)C(O)CCO)[C@H](O)[C@@H]1O[C@H]1O[C@H](C)[C@@H](NC(=O)C(O)CCO)[C@H](O)[C@@H]1O[C@H]1O[C@H](C)[C@@H](NC(=O)C(O)CCO)[C@H](O)[C@@H]1OC. The van der Waals surface area contributed by atoms with Crippen molar-refractivity contribution in [2.75, 3.05) is 47.3 Å². The molecule has 0 aromatic heterocycles. The molecule has 88 heavy (non-hydrogen) atoms. The van der Waals surface area contributed by atoms with E-state index in [1.165, 1.54) is 41.7 Å². The summed E-state index contributed by atoms with van der Waals surface area (Å²) in [6.45, 7) is 3.74. The Morgan fingerprint density at radius 3 is 0.705 bits per heavy atom. The van der Waals surface area contributed by atoms with E-state index in [-0.39, 0.29) is 12.8 Å². The van der Waals surface area contributed by atoms with Crippen LogP contribution < -0.4 is 26.6 Å². The zero-order chi connectivity index (χ0) is 65.6. The van der Waals surface area contributed by atoms with E-state index in [1.807, 2.05) is 0 Å². The molecule has 0 bridgehead atoms. The van der Waals surface area contributed by atoms with Crippen LogP contribution in [0.25, 0.3) is 0 Å². The Balaban J connectivity index is 1.62. The van der Waals surface area contributed by atoms with Crippen LogP contribution in [0.4, 0.5) is 0 Å². The number of aliphatic hydroxyl groups is 15. The summed E-state index contributed by atoms with van der Waals surface area (Å²) in [5.74, 6) is -5.37. The predicted octanol–water partition coefficient (Wildman–Crippen LogP) is -11.1. The molecule has 5 aliphatic rings. The molecule has 5 unspecified atom stereocenters. The van der Waals surface area contributed by atoms with Crippen LogP contribution in [0.1, 0.15) is 66.7 Å². The van der Waals surface area contributed by atoms with E-state index in [1.54, 1.807) is 0 Å². The molecule has 5 heterocycles. The lowest BCUT2D eigenvalue weighted by molar-refractivity contribution is -0.396. The van der Waals surface area contributed by atoms with Gasteiger partial charge in [0.15, 0.2) is 31.5 Å². The molecule has 0 spiro atoms. The van der Waals surface area contributed by atoms with Crippen LogP contribution >= 0.6 is 0 Å². The van der Waals surface area contributed by atoms with E-state index in [4.69, 9.17) is 52.1 Å². The fraction of sp³-hybridized carbons (Fsp3) is 0.904. The van der Waals surface area contributed by atoms with E-state index in [0.29, 0.717) is 0 Å². The highest BCUT2D eigenvalue weighted by atomic mass is 16.8. The Kier molecular flexibility index (Phi) is 29.7. The average molecular weight is 1280 g/mol. The van der Waals surface area contributed by atoms with E-state index >= 15 is 0 Å². The maximum Gasteiger partial charge on any atom is 0.249 e. The van der Waals surface area contributed by atoms with Crippen LogP contribution in [0.3, 0.4) is 0 Å². The first-order valence-electron chi connectivity index (χ1n) is 28.9. The van der Waals surface area contributed by atoms with Crippen molar-refractivity contribution in [3.63, 3.8) is 0 Å². The molecule has 0 aromatic rings. The number of rotatable bonds is 30. The normalized spacial score (nSPS) is 39.6. The fourth-order valence-corrected chi connectivity index (χ4v) is 10.7. The number of nitrogens with one attached hydrogen (secondary N) is 5. The molecular weight excluding hydrogens is 1190 g/mol. The van der Waals surface area contributed by atoms with Crippen LogP contribution in [0.15, 0.2) is 0 Å². The maximum absolute atomic E-state index is 13.4. The van der Waals surface area contributed by atoms with Crippen molar-refractivity contribution in [2.45, 2.75) is 250 Å². The highest BCUT2D eigenvalue weighted by Crippen LogP contribution is 2.37. The number of ether oxygens (including phenoxy) is 11. The third-order valence-electron chi connectivity index (χ3n) is 15.9. The molecule has 36 nitrogen and oxygen atoms in total. The first-order chi connectivity index (χ1) is 41.6. The number of hydrogen-bond donors (Lipinski definition) is 20. The fourth-order valence-electron chi connectivity index (χ4n) is 10.7. The zero-order valence-electron chi connectivity index (χ0n) is 49.6. The standard InChI is InChI=1S/C52H91N5O31/c1-18-29(54-44(74)24(64)9-14-59)34(69)39(48(79-7)80-18)85-50-41(36(71)31(20(3)82-50)56-46(76)26(66)11-16-61)87-52-42(37(72)32(22(5)84-52)57-47(77)27(67)12-17-62)88-51-40(35(70)30(21(4)83-51)55-45(75)25(65)10-15-60)86-49-38(78-6)33(68)28(19(2)81-49)53-43(73)23(63)8-13-58/h18-42,48-52,58-72H,8-17H2,1-7H3,(H,53,73)(H,54,74)(H,55,75)(H,56,76)(H,57,77)/t18-,19-,20-,21-,22-,23?,24?,25?,26?,27?,28-,29-,30-,31-,32-,33+,34+,35+,36+,37+,38+,39+,40+,41+,42+,48+,49-,50-,51-,52-/m1/s1. The van der Waals surface area contributed by atoms with Crippen LogP contribution in [0.5, 0.6) is 0 Å². The van der Waals surface area contributed by atoms with Gasteiger partial charge in [-0.05, 0) is 34.6 Å². The number of carbonyl (C=O) groups is 5. The average Bonchev–Trinajstić information content (AvgIpc) is 3.32. The summed E-state index contributed by atoms with van der Waals surface area (Å²) in [7, 11) is 2.28. The summed E-state index contributed by atoms with van der Waals surface area (Å²) >= 11 is 0. The summed E-state index contributed by atoms with van der Waals surface area (Å²) in [6.07, 6.45) is -46.1. The number of amides is 5. The van der Waals surface area contributed by atoms with Crippen LogP contribution in [-0.2, 0) is 76.1 Å². The lowest BCUT2D eigenvalue weighted by Crippen LogP contribution is -2.71. The van der Waals surface area contributed by atoms with Gasteiger partial charge in [0.05, 0.1) is 60.7 Å². The Hall–Kier alpha value is -3.69. The number of aliphatic hydroxyl groups excluding tert-OH is 15. The molecule has 0 radical (unpaired) electrons. The Bertz CT molecular complexity index is 2190. The van der Waals surface area contributed by atoms with Crippen molar-refractivity contribution < 1.29 is 153 Å². The van der Waals surface area contributed by atoms with Crippen molar-refractivity contribution in [3.8, 4) is 0 Å². The molecule has 5 rings (SSSR count). The molecular formula is C52H91N5O31. The molecule has 20 N–H and O–H groups in total. The molecule has 5 saturated heterocycles. The third-order valence-corrected chi connectivity index (χ3v) is 15.9. The van der Waals surface area contributed by atoms with Crippen molar-refractivity contribution in [2.24, 2.45) is 0 Å². The van der Waals surface area contributed by atoms with Crippen molar-refractivity contribution in [3.05, 3.63) is 0 Å². The summed E-state index contributed by atoms with van der Waals surface area (Å²) in [4.78, 5) is 65.9. The lowest BCUT2D eigenvalue weighted by atomic mass is 9.93. The van der Waals surface area contributed by atoms with E-state index < -0.39 is 266 Å². The summed E-state index contributed by atoms with van der Waals surface area (Å²) in [5, 5.41) is 173. The molecule has 5 aliphatic heterocycles. The van der Waals surface area contributed by atoms with E-state index in [2.05, 4.69) is 26.6 Å². The zero-order valence-corrected chi connectivity index (χ0v) is 49.6. The van der Waals surface area contributed by atoms with Crippen molar-refractivity contribution in [1.82, 2.24) is 26.6 Å². The third kappa shape index (κ3) is 18.5. The Labute approximate surface area is 505 Å². The van der Waals surface area contributed by atoms with Gasteiger partial charge in [0.1, 0.15) is 91.6 Å². The molecule has 510 valence electrons. The molecule has 30 atom stereocenters. The van der Waals surface area contributed by atoms with E-state index in [0.717, 1.165) is 7.11 Å². The Morgan fingerprint density at radius 1 is 0.330 bits per heavy atom. The topological polar surface area (TPSA) is 550 Å². The van der Waals surface area contributed by atoms with Gasteiger partial charge in [-0.15, -0.1) is 0 Å². The van der Waals surface area contributed by atoms with Gasteiger partial charge in [-0.3, -0.25) is 24.0 Å². The van der Waals surface area contributed by atoms with Gasteiger partial charge in [-0.1, -0.05) is 0 Å². The largest absolute Gasteiger partial charge is 0.396 e. The van der Waals surface area contributed by atoms with Gasteiger partial charge in [0.2, 0.25) is 29.5 Å². The quantitative estimate of drug-likeness (QED) is 0.0318. The molecule has 0 saturated carbocycles. The van der Waals surface area contributed by atoms with Gasteiger partial charge in [0.25, 0.3) is 0 Å². The van der Waals surface area contributed by atoms with Crippen LogP contribution in [-0.4, -0.2) is 337 Å². The lowest BCUT2D eigenvalue weighted by Gasteiger charge is -2.51. The molecule has 5 amide bonds. The minimum Gasteiger partial charge on any atom is -0.396 e. The van der Waals surface area contributed by atoms with Gasteiger partial charge in [-0.25, -0.2) is 0 Å². The first kappa shape index (κ1) is 75.0. The number of hydrogen-bond acceptors (Lipinski definition) is 31. The Morgan fingerprint density at radius 2 is 0.511 bits per heavy atom. The molecule has 0 aromatic carbocycles. The monoisotopic (exact) mass is 1280 g/mol. The number of carbonyl (C=O) groups excluding carboxylic acids is 5. The first-order valence-corrected chi connectivity index (χ1v) is 28.9. The van der Waals surface area contributed by atoms with Gasteiger partial charge in [0, 0.05) is 79.4 Å². The highest BCUT2D eigenvalue weighted by molar-refractivity contribution is 5.82. The molecule has 0 aliphatic carbocycles. The second-order valence-corrected chi connectivity index (χ2v) is 22.2. The molecule has 36 heteroatoms. The second-order valence-electron chi connectivity index (χ2n) is 22.2. The molecule has 5 fully saturated rings. The predicted molar refractivity (Wildman–Crippen MR) is 287 cm³/mol. The summed E-state index contributed by atoms with van der Waals surface area (Å²) in [5.41, 5.74) is 0. The minimum atomic E-state index is -2.12. The summed E-state index contributed by atoms with van der Waals surface area (Å²) in [6, 6.07) is -7.44. The maximum atomic E-state index is 13.4. The van der Waals surface area contributed by atoms with Gasteiger partial charge < -0.3 is 155 Å². The minimum absolute atomic E-state index is 0.363. The smallest absolute Gasteiger partial charge is 0.249 e. The van der Waals surface area contributed by atoms with Crippen LogP contribution in [0, 0.1) is 0 Å². The van der Waals surface area contributed by atoms with Crippen molar-refractivity contribution in [1.29, 1.82) is 0 Å². The van der Waals surface area contributed by atoms with Gasteiger partial charge >= 0.3 is 0 Å². The van der Waals surface area contributed by atoms with E-state index in [9.17, 15) is 101 Å². The van der Waals surface area contributed by atoms with Gasteiger partial charge in [-0.2, -0.15) is 0 Å². The number of methoxy groups -OCH3 is 2. The van der Waals surface area contributed by atoms with Crippen LogP contribution in [0.2, 0.25) is 0 Å². The van der Waals surface area contributed by atoms with Crippen molar-refractivity contribution >= 4 is 29.5 Å². The summed E-state index contributed by atoms with van der Waals surface area (Å²) < 4.78 is 67.8. The highest BCUT2D eigenvalue weighted by Gasteiger charge is 2.58. The second kappa shape index (κ2) is 34.8.